The standard InChI is InChI=1S/C36H32N/c1-21-14-15-27(22(2)16-21)30-19-33(37(5)20-23(30)3)34-24(4)31-17-25-10-6-8-12-28(25)35(31)36-29-13-9-7-11-26(29)18-32(34)36/h6-16,19-20H,17-18H2,1-5H3/q+1. The van der Waals surface area contributed by atoms with Crippen molar-refractivity contribution in [2.45, 2.75) is 40.5 Å². The molecular formula is C36H32N+. The van der Waals surface area contributed by atoms with Crippen molar-refractivity contribution in [1.29, 1.82) is 0 Å². The molecule has 0 saturated carbocycles. The fourth-order valence-corrected chi connectivity index (χ4v) is 6.98. The van der Waals surface area contributed by atoms with Crippen LogP contribution in [0.1, 0.15) is 44.5 Å². The van der Waals surface area contributed by atoms with Crippen molar-refractivity contribution in [3.8, 4) is 44.6 Å². The Hall–Kier alpha value is -3.97. The van der Waals surface area contributed by atoms with Gasteiger partial charge in [-0.05, 0) is 107 Å². The molecule has 180 valence electrons. The second-order valence-corrected chi connectivity index (χ2v) is 11.1. The Balaban J connectivity index is 1.55. The molecule has 1 nitrogen and oxygen atoms in total. The summed E-state index contributed by atoms with van der Waals surface area (Å²) in [7, 11) is 2.21. The van der Waals surface area contributed by atoms with Gasteiger partial charge < -0.3 is 0 Å². The third kappa shape index (κ3) is 3.20. The van der Waals surface area contributed by atoms with Gasteiger partial charge in [0.1, 0.15) is 7.05 Å². The molecule has 1 aromatic heterocycles. The molecule has 0 spiro atoms. The molecule has 0 unspecified atom stereocenters. The molecule has 0 saturated heterocycles. The lowest BCUT2D eigenvalue weighted by molar-refractivity contribution is -0.660. The highest BCUT2D eigenvalue weighted by Crippen LogP contribution is 2.53. The molecule has 2 aliphatic rings. The molecule has 7 rings (SSSR count). The monoisotopic (exact) mass is 478 g/mol. The van der Waals surface area contributed by atoms with E-state index in [2.05, 4.69) is 118 Å². The number of aryl methyl sites for hydroxylation is 4. The Morgan fingerprint density at radius 2 is 1.19 bits per heavy atom. The van der Waals surface area contributed by atoms with Gasteiger partial charge in [-0.2, -0.15) is 0 Å². The normalized spacial score (nSPS) is 12.8. The smallest absolute Gasteiger partial charge is 0.201 e. The molecule has 1 heterocycles. The Morgan fingerprint density at radius 3 is 1.86 bits per heavy atom. The summed E-state index contributed by atoms with van der Waals surface area (Å²) in [5.74, 6) is 0. The molecule has 5 aromatic rings. The average Bonchev–Trinajstić information content (AvgIpc) is 3.44. The summed E-state index contributed by atoms with van der Waals surface area (Å²) in [5.41, 5.74) is 22.4. The van der Waals surface area contributed by atoms with Crippen molar-refractivity contribution in [2.24, 2.45) is 7.05 Å². The van der Waals surface area contributed by atoms with E-state index in [1.165, 1.54) is 89.1 Å². The summed E-state index contributed by atoms with van der Waals surface area (Å²) in [6.07, 6.45) is 4.32. The molecule has 4 aromatic carbocycles. The van der Waals surface area contributed by atoms with E-state index in [0.717, 1.165) is 12.8 Å². The number of pyridine rings is 1. The zero-order valence-electron chi connectivity index (χ0n) is 22.4. The fourth-order valence-electron chi connectivity index (χ4n) is 6.98. The van der Waals surface area contributed by atoms with Gasteiger partial charge in [0, 0.05) is 11.6 Å². The second kappa shape index (κ2) is 8.02. The van der Waals surface area contributed by atoms with E-state index < -0.39 is 0 Å². The molecule has 0 radical (unpaired) electrons. The maximum Gasteiger partial charge on any atom is 0.213 e. The van der Waals surface area contributed by atoms with Crippen LogP contribution in [0.2, 0.25) is 0 Å². The zero-order chi connectivity index (χ0) is 25.4. The highest BCUT2D eigenvalue weighted by molar-refractivity contribution is 6.00. The Morgan fingerprint density at radius 1 is 0.568 bits per heavy atom. The zero-order valence-corrected chi connectivity index (χ0v) is 22.4. The van der Waals surface area contributed by atoms with Gasteiger partial charge in [0.25, 0.3) is 0 Å². The van der Waals surface area contributed by atoms with Gasteiger partial charge in [-0.25, -0.2) is 4.57 Å². The van der Waals surface area contributed by atoms with E-state index in [4.69, 9.17) is 0 Å². The van der Waals surface area contributed by atoms with Crippen LogP contribution in [0.15, 0.2) is 79.0 Å². The number of fused-ring (bicyclic) bond motifs is 7. The average molecular weight is 479 g/mol. The molecular weight excluding hydrogens is 446 g/mol. The molecule has 1 heteroatoms. The van der Waals surface area contributed by atoms with E-state index in [0.29, 0.717) is 0 Å². The van der Waals surface area contributed by atoms with Crippen LogP contribution in [-0.4, -0.2) is 0 Å². The van der Waals surface area contributed by atoms with Gasteiger partial charge in [-0.1, -0.05) is 72.3 Å². The third-order valence-corrected chi connectivity index (χ3v) is 8.69. The van der Waals surface area contributed by atoms with Gasteiger partial charge in [0.2, 0.25) is 5.69 Å². The summed E-state index contributed by atoms with van der Waals surface area (Å²) in [6.45, 7) is 9.01. The topological polar surface area (TPSA) is 3.88 Å². The molecule has 37 heavy (non-hydrogen) atoms. The first-order valence-corrected chi connectivity index (χ1v) is 13.4. The van der Waals surface area contributed by atoms with E-state index in [-0.39, 0.29) is 0 Å². The first-order valence-electron chi connectivity index (χ1n) is 13.4. The quantitative estimate of drug-likeness (QED) is 0.220. The summed E-state index contributed by atoms with van der Waals surface area (Å²) >= 11 is 0. The molecule has 0 bridgehead atoms. The molecule has 0 aliphatic heterocycles. The van der Waals surface area contributed by atoms with Crippen LogP contribution in [-0.2, 0) is 19.9 Å². The number of hydrogen-bond acceptors (Lipinski definition) is 0. The van der Waals surface area contributed by atoms with Gasteiger partial charge in [0.05, 0.1) is 5.56 Å². The Bertz CT molecular complexity index is 1770. The minimum absolute atomic E-state index is 0.990. The Labute approximate surface area is 220 Å². The molecule has 0 N–H and O–H groups in total. The summed E-state index contributed by atoms with van der Waals surface area (Å²) in [6, 6.07) is 27.3. The lowest BCUT2D eigenvalue weighted by atomic mass is 9.84. The summed E-state index contributed by atoms with van der Waals surface area (Å²) < 4.78 is 2.35. The van der Waals surface area contributed by atoms with E-state index in [1.807, 2.05) is 0 Å². The lowest BCUT2D eigenvalue weighted by Crippen LogP contribution is -2.32. The second-order valence-electron chi connectivity index (χ2n) is 11.1. The van der Waals surface area contributed by atoms with Crippen LogP contribution in [0.25, 0.3) is 44.6 Å². The molecule has 2 aliphatic carbocycles. The molecule has 0 amide bonds. The molecule has 0 atom stereocenters. The van der Waals surface area contributed by atoms with Crippen LogP contribution >= 0.6 is 0 Å². The van der Waals surface area contributed by atoms with Gasteiger partial charge in [0.15, 0.2) is 6.20 Å². The predicted molar refractivity (Wildman–Crippen MR) is 154 cm³/mol. The first kappa shape index (κ1) is 22.2. The van der Waals surface area contributed by atoms with Gasteiger partial charge in [-0.3, -0.25) is 0 Å². The minimum Gasteiger partial charge on any atom is -0.201 e. The van der Waals surface area contributed by atoms with E-state index >= 15 is 0 Å². The van der Waals surface area contributed by atoms with Crippen LogP contribution in [0.4, 0.5) is 0 Å². The highest BCUT2D eigenvalue weighted by Gasteiger charge is 2.35. The third-order valence-electron chi connectivity index (χ3n) is 8.69. The number of benzene rings is 4. The van der Waals surface area contributed by atoms with Crippen LogP contribution in [0, 0.1) is 27.7 Å². The van der Waals surface area contributed by atoms with Crippen LogP contribution in [0.5, 0.6) is 0 Å². The Kier molecular flexibility index (Phi) is 4.82. The maximum atomic E-state index is 2.45. The number of nitrogens with zero attached hydrogens (tertiary/aromatic N) is 1. The van der Waals surface area contributed by atoms with Crippen LogP contribution in [0.3, 0.4) is 0 Å². The summed E-state index contributed by atoms with van der Waals surface area (Å²) in [5, 5.41) is 0. The van der Waals surface area contributed by atoms with E-state index in [1.54, 1.807) is 0 Å². The van der Waals surface area contributed by atoms with E-state index in [9.17, 15) is 0 Å². The SMILES string of the molecule is Cc1ccc(-c2cc(-c3c(C)c4c(c5c3Cc3ccccc3-5)-c3ccccc3C4)[n+](C)cc2C)c(C)c1. The van der Waals surface area contributed by atoms with Crippen molar-refractivity contribution in [3.05, 3.63) is 124 Å². The highest BCUT2D eigenvalue weighted by atomic mass is 14.9. The number of hydrogen-bond donors (Lipinski definition) is 0. The largest absolute Gasteiger partial charge is 0.213 e. The first-order chi connectivity index (χ1) is 17.9. The lowest BCUT2D eigenvalue weighted by Gasteiger charge is -2.19. The van der Waals surface area contributed by atoms with Crippen molar-refractivity contribution in [2.75, 3.05) is 0 Å². The summed E-state index contributed by atoms with van der Waals surface area (Å²) in [4.78, 5) is 0. The number of rotatable bonds is 2. The minimum atomic E-state index is 0.990. The number of aromatic nitrogens is 1. The van der Waals surface area contributed by atoms with Crippen LogP contribution < -0.4 is 4.57 Å². The maximum absolute atomic E-state index is 2.45. The van der Waals surface area contributed by atoms with Crippen molar-refractivity contribution in [1.82, 2.24) is 0 Å². The van der Waals surface area contributed by atoms with Gasteiger partial charge in [-0.15, -0.1) is 0 Å². The molecule has 0 fully saturated rings. The fraction of sp³-hybridized carbons (Fsp3) is 0.194. The van der Waals surface area contributed by atoms with Crippen molar-refractivity contribution >= 4 is 0 Å². The van der Waals surface area contributed by atoms with Crippen molar-refractivity contribution in [3.63, 3.8) is 0 Å². The van der Waals surface area contributed by atoms with Crippen molar-refractivity contribution < 1.29 is 4.57 Å². The van der Waals surface area contributed by atoms with Gasteiger partial charge >= 0.3 is 0 Å². The predicted octanol–water partition coefficient (Wildman–Crippen LogP) is 8.22.